The largest absolute Gasteiger partial charge is 0.484 e. The average molecular weight is 346 g/mol. The van der Waals surface area contributed by atoms with Crippen LogP contribution in [0.15, 0.2) is 46.8 Å². The molecule has 0 aliphatic carbocycles. The van der Waals surface area contributed by atoms with Gasteiger partial charge in [-0.25, -0.2) is 4.21 Å². The maximum absolute atomic E-state index is 12.0. The third-order valence-corrected chi connectivity index (χ3v) is 3.67. The number of anilines is 1. The van der Waals surface area contributed by atoms with Gasteiger partial charge in [-0.1, -0.05) is 12.1 Å². The van der Waals surface area contributed by atoms with Gasteiger partial charge in [0.25, 0.3) is 5.91 Å². The Morgan fingerprint density at radius 2 is 1.79 bits per heavy atom. The first-order chi connectivity index (χ1) is 11.2. The van der Waals surface area contributed by atoms with Gasteiger partial charge < -0.3 is 10.1 Å². The minimum Gasteiger partial charge on any atom is -0.484 e. The summed E-state index contributed by atoms with van der Waals surface area (Å²) in [7, 11) is -2.24. The van der Waals surface area contributed by atoms with Gasteiger partial charge in [0.15, 0.2) is 6.61 Å². The maximum atomic E-state index is 12.0. The van der Waals surface area contributed by atoms with Crippen molar-refractivity contribution in [1.82, 2.24) is 0 Å². The molecule has 0 spiro atoms. The third kappa shape index (κ3) is 6.04. The molecule has 128 valence electrons. The number of carbonyl (C=O) groups excluding carboxylic acids is 1. The quantitative estimate of drug-likeness (QED) is 0.898. The van der Waals surface area contributed by atoms with Gasteiger partial charge in [0.2, 0.25) is 0 Å². The molecule has 2 rings (SSSR count). The lowest BCUT2D eigenvalue weighted by atomic mass is 10.1. The van der Waals surface area contributed by atoms with Crippen LogP contribution in [0.5, 0.6) is 5.75 Å². The van der Waals surface area contributed by atoms with Gasteiger partial charge in [-0.2, -0.15) is 4.36 Å². The molecular formula is C18H22N2O3S. The summed E-state index contributed by atoms with van der Waals surface area (Å²) >= 11 is 0. The summed E-state index contributed by atoms with van der Waals surface area (Å²) in [5.41, 5.74) is 3.33. The van der Waals surface area contributed by atoms with E-state index in [4.69, 9.17) is 4.74 Å². The van der Waals surface area contributed by atoms with E-state index in [1.165, 1.54) is 0 Å². The van der Waals surface area contributed by atoms with E-state index in [1.807, 2.05) is 32.0 Å². The van der Waals surface area contributed by atoms with Crippen LogP contribution in [-0.2, 0) is 14.5 Å². The minimum atomic E-state index is -2.24. The van der Waals surface area contributed by atoms with Crippen molar-refractivity contribution in [3.63, 3.8) is 0 Å². The van der Waals surface area contributed by atoms with E-state index < -0.39 is 9.73 Å². The van der Waals surface area contributed by atoms with Crippen molar-refractivity contribution >= 4 is 27.0 Å². The summed E-state index contributed by atoms with van der Waals surface area (Å²) in [6, 6.07) is 12.8. The molecule has 1 amide bonds. The molecule has 2 aromatic rings. The second-order valence-corrected chi connectivity index (χ2v) is 8.53. The Bertz CT molecular complexity index is 840. The molecule has 0 saturated heterocycles. The van der Waals surface area contributed by atoms with Crippen LogP contribution in [0.2, 0.25) is 0 Å². The molecule has 0 unspecified atom stereocenters. The van der Waals surface area contributed by atoms with Crippen LogP contribution >= 0.6 is 0 Å². The normalized spacial score (nSPS) is 11.0. The number of nitrogens with one attached hydrogen (secondary N) is 1. The van der Waals surface area contributed by atoms with Crippen LogP contribution in [0, 0.1) is 13.8 Å². The zero-order chi connectivity index (χ0) is 17.7. The zero-order valence-electron chi connectivity index (χ0n) is 14.3. The maximum Gasteiger partial charge on any atom is 0.262 e. The van der Waals surface area contributed by atoms with Crippen LogP contribution < -0.4 is 10.1 Å². The molecule has 0 aromatic heterocycles. The lowest BCUT2D eigenvalue weighted by molar-refractivity contribution is -0.118. The number of carbonyl (C=O) groups is 1. The van der Waals surface area contributed by atoms with Crippen molar-refractivity contribution in [2.24, 2.45) is 4.36 Å². The second kappa shape index (κ2) is 7.49. The van der Waals surface area contributed by atoms with Gasteiger partial charge >= 0.3 is 0 Å². The first kappa shape index (κ1) is 18.0. The molecule has 6 heteroatoms. The van der Waals surface area contributed by atoms with Crippen molar-refractivity contribution in [2.75, 3.05) is 24.4 Å². The SMILES string of the molecule is Cc1cc(C)cc(OCC(=O)Nc2cccc(N=S(C)(C)=O)c2)c1. The van der Waals surface area contributed by atoms with E-state index in [9.17, 15) is 9.00 Å². The topological polar surface area (TPSA) is 67.8 Å². The molecule has 0 heterocycles. The molecule has 2 aromatic carbocycles. The van der Waals surface area contributed by atoms with Gasteiger partial charge in [-0.05, 0) is 55.3 Å². The number of ether oxygens (including phenoxy) is 1. The molecule has 0 radical (unpaired) electrons. The molecule has 0 aliphatic rings. The summed E-state index contributed by atoms with van der Waals surface area (Å²) in [4.78, 5) is 12.0. The van der Waals surface area contributed by atoms with Crippen LogP contribution in [-0.4, -0.2) is 29.2 Å². The highest BCUT2D eigenvalue weighted by atomic mass is 32.2. The lowest BCUT2D eigenvalue weighted by Gasteiger charge is -2.09. The van der Waals surface area contributed by atoms with Gasteiger partial charge in [-0.15, -0.1) is 0 Å². The van der Waals surface area contributed by atoms with E-state index in [2.05, 4.69) is 9.68 Å². The van der Waals surface area contributed by atoms with Gasteiger partial charge in [0.05, 0.1) is 5.69 Å². The highest BCUT2D eigenvalue weighted by Crippen LogP contribution is 2.20. The van der Waals surface area contributed by atoms with Crippen LogP contribution in [0.25, 0.3) is 0 Å². The molecule has 0 fully saturated rings. The molecule has 1 N–H and O–H groups in total. The van der Waals surface area contributed by atoms with Gasteiger partial charge in [0.1, 0.15) is 5.75 Å². The van der Waals surface area contributed by atoms with E-state index in [-0.39, 0.29) is 12.5 Å². The summed E-state index contributed by atoms with van der Waals surface area (Å²) in [6.45, 7) is 3.88. The summed E-state index contributed by atoms with van der Waals surface area (Å²) < 4.78 is 21.4. The predicted molar refractivity (Wildman–Crippen MR) is 98.6 cm³/mol. The molecule has 0 saturated carbocycles. The second-order valence-electron chi connectivity index (χ2n) is 5.98. The first-order valence-corrected chi connectivity index (χ1v) is 9.82. The fourth-order valence-corrected chi connectivity index (χ4v) is 2.88. The molecular weight excluding hydrogens is 324 g/mol. The van der Waals surface area contributed by atoms with Crippen molar-refractivity contribution in [3.05, 3.63) is 53.6 Å². The van der Waals surface area contributed by atoms with Crippen molar-refractivity contribution in [3.8, 4) is 5.75 Å². The predicted octanol–water partition coefficient (Wildman–Crippen LogP) is 3.68. The minimum absolute atomic E-state index is 0.0808. The Balaban J connectivity index is 2.00. The highest BCUT2D eigenvalue weighted by Gasteiger charge is 2.05. The molecule has 0 aliphatic heterocycles. The zero-order valence-corrected chi connectivity index (χ0v) is 15.1. The third-order valence-electron chi connectivity index (χ3n) is 3.02. The number of hydrogen-bond donors (Lipinski definition) is 1. The highest BCUT2D eigenvalue weighted by molar-refractivity contribution is 7.92. The van der Waals surface area contributed by atoms with E-state index in [1.54, 1.807) is 36.8 Å². The van der Waals surface area contributed by atoms with Gasteiger partial charge in [-0.3, -0.25) is 4.79 Å². The molecule has 24 heavy (non-hydrogen) atoms. The fraction of sp³-hybridized carbons (Fsp3) is 0.278. The Labute approximate surface area is 143 Å². The number of nitrogens with zero attached hydrogens (tertiary/aromatic N) is 1. The van der Waals surface area contributed by atoms with Crippen LogP contribution in [0.3, 0.4) is 0 Å². The summed E-state index contributed by atoms with van der Waals surface area (Å²) in [5.74, 6) is 0.406. The number of amides is 1. The standard InChI is InChI=1S/C18H22N2O3S/c1-13-8-14(2)10-17(9-13)23-12-18(21)19-15-6-5-7-16(11-15)20-24(3,4)22/h5-11H,12H2,1-4H3,(H,19,21). The van der Waals surface area contributed by atoms with Crippen molar-refractivity contribution in [2.45, 2.75) is 13.8 Å². The number of rotatable bonds is 5. The van der Waals surface area contributed by atoms with E-state index in [0.29, 0.717) is 17.1 Å². The Hall–Kier alpha value is -2.34. The van der Waals surface area contributed by atoms with Crippen molar-refractivity contribution in [1.29, 1.82) is 0 Å². The van der Waals surface area contributed by atoms with Crippen molar-refractivity contribution < 1.29 is 13.7 Å². The number of hydrogen-bond acceptors (Lipinski definition) is 4. The summed E-state index contributed by atoms with van der Waals surface area (Å²) in [5, 5.41) is 2.75. The van der Waals surface area contributed by atoms with E-state index >= 15 is 0 Å². The molecule has 0 atom stereocenters. The lowest BCUT2D eigenvalue weighted by Crippen LogP contribution is -2.20. The number of aryl methyl sites for hydroxylation is 2. The molecule has 5 nitrogen and oxygen atoms in total. The number of benzene rings is 2. The Kier molecular flexibility index (Phi) is 5.62. The Morgan fingerprint density at radius 1 is 1.12 bits per heavy atom. The van der Waals surface area contributed by atoms with E-state index in [0.717, 1.165) is 11.1 Å². The Morgan fingerprint density at radius 3 is 2.42 bits per heavy atom. The fourth-order valence-electron chi connectivity index (χ4n) is 2.26. The first-order valence-electron chi connectivity index (χ1n) is 7.49. The van der Waals surface area contributed by atoms with Crippen LogP contribution in [0.1, 0.15) is 11.1 Å². The van der Waals surface area contributed by atoms with Gasteiger partial charge in [0, 0.05) is 27.9 Å². The molecule has 0 bridgehead atoms. The summed E-state index contributed by atoms with van der Waals surface area (Å²) in [6.07, 6.45) is 3.13. The monoisotopic (exact) mass is 346 g/mol. The van der Waals surface area contributed by atoms with Crippen LogP contribution in [0.4, 0.5) is 11.4 Å². The smallest absolute Gasteiger partial charge is 0.262 e. The average Bonchev–Trinajstić information content (AvgIpc) is 2.42.